The molecule has 0 radical (unpaired) electrons. The Kier molecular flexibility index (Phi) is 5.50. The number of alkyl halides is 6. The van der Waals surface area contributed by atoms with Gasteiger partial charge in [-0.2, -0.15) is 26.3 Å². The van der Waals surface area contributed by atoms with Gasteiger partial charge >= 0.3 is 12.4 Å². The first-order chi connectivity index (χ1) is 11.0. The maximum atomic E-state index is 12.6. The van der Waals surface area contributed by atoms with Crippen LogP contribution >= 0.6 is 11.6 Å². The number of piperazine rings is 1. The monoisotopic (exact) mass is 377 g/mol. The molecule has 24 heavy (non-hydrogen) atoms. The molecule has 0 aromatic carbocycles. The van der Waals surface area contributed by atoms with Gasteiger partial charge in [0.05, 0.1) is 10.6 Å². The number of anilines is 1. The quantitative estimate of drug-likeness (QED) is 0.822. The fourth-order valence-electron chi connectivity index (χ4n) is 2.31. The van der Waals surface area contributed by atoms with E-state index in [-0.39, 0.29) is 37.0 Å². The number of aliphatic hydroxyl groups is 1. The van der Waals surface area contributed by atoms with Crippen molar-refractivity contribution in [2.75, 3.05) is 37.6 Å². The van der Waals surface area contributed by atoms with Crippen LogP contribution in [-0.4, -0.2) is 60.0 Å². The summed E-state index contributed by atoms with van der Waals surface area (Å²) in [5.74, 6) is 0.153. The molecular weight excluding hydrogens is 364 g/mol. The molecule has 0 bridgehead atoms. The Morgan fingerprint density at radius 1 is 1.12 bits per heavy atom. The average Bonchev–Trinajstić information content (AvgIpc) is 2.46. The third kappa shape index (κ3) is 4.64. The molecule has 1 aromatic rings. The third-order valence-electron chi connectivity index (χ3n) is 3.63. The molecular formula is C13H14ClF6N3O. The van der Waals surface area contributed by atoms with Crippen LogP contribution in [0.3, 0.4) is 0 Å². The zero-order valence-electron chi connectivity index (χ0n) is 12.2. The smallest absolute Gasteiger partial charge is 0.382 e. The van der Waals surface area contributed by atoms with Crippen LogP contribution in [0.4, 0.5) is 32.2 Å². The molecule has 0 spiro atoms. The lowest BCUT2D eigenvalue weighted by atomic mass is 10.2. The van der Waals surface area contributed by atoms with E-state index in [2.05, 4.69) is 4.98 Å². The van der Waals surface area contributed by atoms with Gasteiger partial charge < -0.3 is 10.0 Å². The number of aromatic nitrogens is 1. The predicted octanol–water partition coefficient (Wildman–Crippen LogP) is 2.80. The highest BCUT2D eigenvalue weighted by Gasteiger charge is 2.39. The molecule has 2 heterocycles. The maximum absolute atomic E-state index is 12.6. The number of rotatable bonds is 3. The van der Waals surface area contributed by atoms with Gasteiger partial charge in [-0.3, -0.25) is 4.90 Å². The molecule has 1 aliphatic heterocycles. The Morgan fingerprint density at radius 3 is 2.17 bits per heavy atom. The Hall–Kier alpha value is -1.26. The van der Waals surface area contributed by atoms with Crippen LogP contribution in [0, 0.1) is 0 Å². The highest BCUT2D eigenvalue weighted by molar-refractivity contribution is 6.33. The van der Waals surface area contributed by atoms with Gasteiger partial charge in [0.2, 0.25) is 0 Å². The lowest BCUT2D eigenvalue weighted by Gasteiger charge is -2.36. The van der Waals surface area contributed by atoms with E-state index in [0.717, 1.165) is 6.07 Å². The average molecular weight is 378 g/mol. The largest absolute Gasteiger partial charge is 0.417 e. The fourth-order valence-corrected chi connectivity index (χ4v) is 2.59. The number of β-amino-alcohol motifs (C(OH)–C–C–N with tert-alkyl or cyclic N) is 1. The second-order valence-corrected chi connectivity index (χ2v) is 5.78. The number of hydrogen-bond donors (Lipinski definition) is 1. The number of aliphatic hydroxyl groups excluding tert-OH is 1. The summed E-state index contributed by atoms with van der Waals surface area (Å²) < 4.78 is 74.7. The van der Waals surface area contributed by atoms with Crippen molar-refractivity contribution in [2.24, 2.45) is 0 Å². The molecule has 0 amide bonds. The van der Waals surface area contributed by atoms with E-state index in [9.17, 15) is 26.3 Å². The molecule has 0 aliphatic carbocycles. The highest BCUT2D eigenvalue weighted by Crippen LogP contribution is 2.33. The van der Waals surface area contributed by atoms with E-state index in [1.807, 2.05) is 0 Å². The normalized spacial score (nSPS) is 18.8. The van der Waals surface area contributed by atoms with Crippen LogP contribution in [0.2, 0.25) is 5.02 Å². The molecule has 1 aliphatic rings. The second kappa shape index (κ2) is 6.93. The molecule has 4 nitrogen and oxygen atoms in total. The van der Waals surface area contributed by atoms with Crippen LogP contribution in [0.1, 0.15) is 5.56 Å². The first kappa shape index (κ1) is 19.1. The predicted molar refractivity (Wildman–Crippen MR) is 75.0 cm³/mol. The molecule has 11 heteroatoms. The van der Waals surface area contributed by atoms with Gasteiger partial charge in [0.15, 0.2) is 6.10 Å². The highest BCUT2D eigenvalue weighted by atomic mass is 35.5. The molecule has 136 valence electrons. The molecule has 0 saturated carbocycles. The fraction of sp³-hybridized carbons (Fsp3) is 0.615. The van der Waals surface area contributed by atoms with E-state index < -0.39 is 30.6 Å². The first-order valence-corrected chi connectivity index (χ1v) is 7.31. The van der Waals surface area contributed by atoms with E-state index in [0.29, 0.717) is 6.20 Å². The summed E-state index contributed by atoms with van der Waals surface area (Å²) in [6.45, 7) is 0.329. The van der Waals surface area contributed by atoms with Crippen molar-refractivity contribution in [2.45, 2.75) is 18.5 Å². The van der Waals surface area contributed by atoms with Gasteiger partial charge in [-0.15, -0.1) is 0 Å². The van der Waals surface area contributed by atoms with Gasteiger partial charge in [-0.1, -0.05) is 11.6 Å². The zero-order chi connectivity index (χ0) is 18.1. The zero-order valence-corrected chi connectivity index (χ0v) is 13.0. The summed E-state index contributed by atoms with van der Waals surface area (Å²) >= 11 is 5.84. The van der Waals surface area contributed by atoms with Gasteiger partial charge in [0.25, 0.3) is 0 Å². The van der Waals surface area contributed by atoms with Crippen molar-refractivity contribution in [3.05, 3.63) is 22.8 Å². The second-order valence-electron chi connectivity index (χ2n) is 5.37. The van der Waals surface area contributed by atoms with E-state index in [4.69, 9.17) is 16.7 Å². The minimum atomic E-state index is -4.69. The number of pyridine rings is 1. The summed E-state index contributed by atoms with van der Waals surface area (Å²) in [6.07, 6.45) is -11.0. The summed E-state index contributed by atoms with van der Waals surface area (Å²) in [7, 11) is 0. The molecule has 1 fully saturated rings. The van der Waals surface area contributed by atoms with Crippen LogP contribution in [0.15, 0.2) is 12.3 Å². The standard InChI is InChI=1S/C13H14ClF6N3O/c14-9-5-8(12(15,16)17)6-21-11(9)23-3-1-22(2-4-23)7-10(24)13(18,19)20/h5-6,10,24H,1-4,7H2/t10-/m0/s1. The summed E-state index contributed by atoms with van der Waals surface area (Å²) in [5.41, 5.74) is -0.969. The number of hydrogen-bond acceptors (Lipinski definition) is 4. The molecule has 1 saturated heterocycles. The van der Waals surface area contributed by atoms with Crippen molar-refractivity contribution in [1.29, 1.82) is 0 Å². The Labute approximate surface area is 138 Å². The molecule has 2 rings (SSSR count). The topological polar surface area (TPSA) is 39.6 Å². The van der Waals surface area contributed by atoms with Gasteiger partial charge in [-0.05, 0) is 6.07 Å². The van der Waals surface area contributed by atoms with E-state index in [1.165, 1.54) is 4.90 Å². The Morgan fingerprint density at radius 2 is 1.71 bits per heavy atom. The van der Waals surface area contributed by atoms with Gasteiger partial charge in [0, 0.05) is 38.9 Å². The third-order valence-corrected chi connectivity index (χ3v) is 3.91. The molecule has 1 atom stereocenters. The number of halogens is 7. The number of nitrogens with zero attached hydrogens (tertiary/aromatic N) is 3. The van der Waals surface area contributed by atoms with Crippen LogP contribution < -0.4 is 4.90 Å². The van der Waals surface area contributed by atoms with Crippen molar-refractivity contribution in [3.63, 3.8) is 0 Å². The minimum Gasteiger partial charge on any atom is -0.382 e. The maximum Gasteiger partial charge on any atom is 0.417 e. The van der Waals surface area contributed by atoms with Crippen molar-refractivity contribution in [3.8, 4) is 0 Å². The first-order valence-electron chi connectivity index (χ1n) is 6.93. The van der Waals surface area contributed by atoms with Gasteiger partial charge in [-0.25, -0.2) is 4.98 Å². The molecule has 0 unspecified atom stereocenters. The summed E-state index contributed by atoms with van der Waals surface area (Å²) in [4.78, 5) is 6.74. The summed E-state index contributed by atoms with van der Waals surface area (Å²) in [5, 5.41) is 8.88. The Bertz CT molecular complexity index is 572. The van der Waals surface area contributed by atoms with Crippen molar-refractivity contribution >= 4 is 17.4 Å². The van der Waals surface area contributed by atoms with Crippen molar-refractivity contribution in [1.82, 2.24) is 9.88 Å². The Balaban J connectivity index is 1.98. The van der Waals surface area contributed by atoms with Crippen LogP contribution in [0.5, 0.6) is 0 Å². The van der Waals surface area contributed by atoms with E-state index >= 15 is 0 Å². The van der Waals surface area contributed by atoms with Gasteiger partial charge in [0.1, 0.15) is 5.82 Å². The van der Waals surface area contributed by atoms with Crippen molar-refractivity contribution < 1.29 is 31.4 Å². The lowest BCUT2D eigenvalue weighted by Crippen LogP contribution is -2.51. The van der Waals surface area contributed by atoms with E-state index in [1.54, 1.807) is 4.90 Å². The van der Waals surface area contributed by atoms with Crippen LogP contribution in [-0.2, 0) is 6.18 Å². The lowest BCUT2D eigenvalue weighted by molar-refractivity contribution is -0.208. The SMILES string of the molecule is O[C@@H](CN1CCN(c2ncc(C(F)(F)F)cc2Cl)CC1)C(F)(F)F. The molecule has 1 N–H and O–H groups in total. The summed E-state index contributed by atoms with van der Waals surface area (Å²) in [6, 6.07) is 0.768. The molecule has 1 aromatic heterocycles. The minimum absolute atomic E-state index is 0.153. The van der Waals surface area contributed by atoms with Crippen LogP contribution in [0.25, 0.3) is 0 Å².